The molecule has 1 heterocycles. The van der Waals surface area contributed by atoms with Crippen molar-refractivity contribution in [1.82, 2.24) is 4.98 Å². The van der Waals surface area contributed by atoms with E-state index in [1.807, 2.05) is 49.4 Å². The molecule has 0 amide bonds. The highest BCUT2D eigenvalue weighted by Gasteiger charge is 2.15. The third-order valence-corrected chi connectivity index (χ3v) is 3.94. The fraction of sp³-hybridized carbons (Fsp3) is 0.0588. The summed E-state index contributed by atoms with van der Waals surface area (Å²) in [5, 5.41) is 1.90. The third-order valence-electron chi connectivity index (χ3n) is 3.28. The third kappa shape index (κ3) is 2.25. The van der Waals surface area contributed by atoms with Gasteiger partial charge < -0.3 is 0 Å². The van der Waals surface area contributed by atoms with Crippen LogP contribution in [-0.2, 0) is 0 Å². The molecule has 0 radical (unpaired) electrons. The van der Waals surface area contributed by atoms with E-state index in [-0.39, 0.29) is 5.78 Å². The lowest BCUT2D eigenvalue weighted by atomic mass is 9.99. The van der Waals surface area contributed by atoms with Crippen molar-refractivity contribution in [3.8, 4) is 0 Å². The lowest BCUT2D eigenvalue weighted by molar-refractivity contribution is 0.103. The van der Waals surface area contributed by atoms with Crippen LogP contribution in [0.15, 0.2) is 59.3 Å². The largest absolute Gasteiger partial charge is 0.288 e. The second kappa shape index (κ2) is 5.17. The summed E-state index contributed by atoms with van der Waals surface area (Å²) in [6.45, 7) is 2.00. The second-order valence-corrected chi connectivity index (χ2v) is 5.57. The predicted octanol–water partition coefficient (Wildman–Crippen LogP) is 4.54. The molecule has 98 valence electrons. The Bertz CT molecular complexity index is 806. The zero-order valence-corrected chi connectivity index (χ0v) is 12.5. The highest BCUT2D eigenvalue weighted by atomic mass is 79.9. The van der Waals surface area contributed by atoms with Crippen molar-refractivity contribution in [2.45, 2.75) is 6.92 Å². The molecule has 2 aromatic carbocycles. The van der Waals surface area contributed by atoms with Gasteiger partial charge in [0.25, 0.3) is 0 Å². The van der Waals surface area contributed by atoms with Gasteiger partial charge >= 0.3 is 0 Å². The fourth-order valence-corrected chi connectivity index (χ4v) is 2.92. The van der Waals surface area contributed by atoms with Gasteiger partial charge in [0.2, 0.25) is 0 Å². The number of aryl methyl sites for hydroxylation is 1. The average molecular weight is 326 g/mol. The van der Waals surface area contributed by atoms with Gasteiger partial charge in [-0.1, -0.05) is 46.3 Å². The first-order chi connectivity index (χ1) is 9.66. The molecular weight excluding hydrogens is 314 g/mol. The van der Waals surface area contributed by atoms with E-state index in [9.17, 15) is 4.79 Å². The van der Waals surface area contributed by atoms with Gasteiger partial charge in [0.05, 0.1) is 0 Å². The number of halogens is 1. The summed E-state index contributed by atoms with van der Waals surface area (Å²) in [7, 11) is 0. The van der Waals surface area contributed by atoms with Crippen molar-refractivity contribution in [2.75, 3.05) is 0 Å². The van der Waals surface area contributed by atoms with E-state index in [4.69, 9.17) is 0 Å². The van der Waals surface area contributed by atoms with Crippen molar-refractivity contribution in [1.29, 1.82) is 0 Å². The van der Waals surface area contributed by atoms with E-state index in [1.165, 1.54) is 0 Å². The Labute approximate surface area is 125 Å². The first-order valence-corrected chi connectivity index (χ1v) is 7.10. The number of ketones is 1. The number of carbonyl (C=O) groups is 1. The van der Waals surface area contributed by atoms with Crippen LogP contribution >= 0.6 is 15.9 Å². The number of carbonyl (C=O) groups excluding carboxylic acids is 1. The lowest BCUT2D eigenvalue weighted by Crippen LogP contribution is -2.04. The summed E-state index contributed by atoms with van der Waals surface area (Å²) in [4.78, 5) is 16.9. The number of hydrogen-bond acceptors (Lipinski definition) is 2. The zero-order valence-electron chi connectivity index (χ0n) is 10.9. The molecule has 3 heteroatoms. The molecule has 0 aliphatic carbocycles. The molecule has 20 heavy (non-hydrogen) atoms. The van der Waals surface area contributed by atoms with E-state index in [0.29, 0.717) is 11.1 Å². The molecule has 0 saturated heterocycles. The molecule has 0 aliphatic rings. The number of aromatic nitrogens is 1. The number of nitrogens with zero attached hydrogens (tertiary/aromatic N) is 1. The second-order valence-electron chi connectivity index (χ2n) is 4.72. The minimum absolute atomic E-state index is 0.0128. The average Bonchev–Trinajstić information content (AvgIpc) is 2.46. The summed E-state index contributed by atoms with van der Waals surface area (Å²) in [5.41, 5.74) is 2.41. The van der Waals surface area contributed by atoms with Crippen LogP contribution in [0.2, 0.25) is 0 Å². The first-order valence-electron chi connectivity index (χ1n) is 6.30. The molecule has 0 saturated carbocycles. The number of benzene rings is 2. The molecule has 3 aromatic rings. The zero-order chi connectivity index (χ0) is 14.1. The molecule has 1 aromatic heterocycles. The quantitative estimate of drug-likeness (QED) is 0.647. The van der Waals surface area contributed by atoms with Crippen molar-refractivity contribution in [2.24, 2.45) is 0 Å². The Hall–Kier alpha value is -2.00. The number of pyridine rings is 1. The summed E-state index contributed by atoms with van der Waals surface area (Å²) in [6.07, 6.45) is 3.41. The van der Waals surface area contributed by atoms with Crippen LogP contribution in [0.25, 0.3) is 10.8 Å². The van der Waals surface area contributed by atoms with Gasteiger partial charge in [-0.3, -0.25) is 9.78 Å². The van der Waals surface area contributed by atoms with Gasteiger partial charge in [-0.15, -0.1) is 0 Å². The van der Waals surface area contributed by atoms with E-state index >= 15 is 0 Å². The van der Waals surface area contributed by atoms with Gasteiger partial charge in [-0.05, 0) is 30.0 Å². The lowest BCUT2D eigenvalue weighted by Gasteiger charge is -2.07. The summed E-state index contributed by atoms with van der Waals surface area (Å²) in [6, 6.07) is 13.5. The Morgan fingerprint density at radius 1 is 1.05 bits per heavy atom. The molecular formula is C17H12BrNO. The summed E-state index contributed by atoms with van der Waals surface area (Å²) in [5.74, 6) is -0.0128. The maximum Gasteiger partial charge on any atom is 0.196 e. The standard InChI is InChI=1S/C17H12BrNO/c1-11-6-7-14(16(18)8-11)17(20)15-10-19-9-12-4-2-3-5-13(12)15/h2-10H,1H3. The Morgan fingerprint density at radius 3 is 2.65 bits per heavy atom. The molecule has 0 spiro atoms. The van der Waals surface area contributed by atoms with E-state index in [2.05, 4.69) is 20.9 Å². The predicted molar refractivity (Wildman–Crippen MR) is 84.1 cm³/mol. The molecule has 3 rings (SSSR count). The van der Waals surface area contributed by atoms with Gasteiger partial charge in [-0.25, -0.2) is 0 Å². The summed E-state index contributed by atoms with van der Waals surface area (Å²) >= 11 is 3.47. The monoisotopic (exact) mass is 325 g/mol. The van der Waals surface area contributed by atoms with Crippen LogP contribution in [0.3, 0.4) is 0 Å². The van der Waals surface area contributed by atoms with Crippen LogP contribution in [0.1, 0.15) is 21.5 Å². The Balaban J connectivity index is 2.18. The molecule has 2 nitrogen and oxygen atoms in total. The Morgan fingerprint density at radius 2 is 1.85 bits per heavy atom. The van der Waals surface area contributed by atoms with Gasteiger partial charge in [0.1, 0.15) is 0 Å². The molecule has 0 atom stereocenters. The first kappa shape index (κ1) is 13.0. The number of fused-ring (bicyclic) bond motifs is 1. The maximum absolute atomic E-state index is 12.7. The van der Waals surface area contributed by atoms with Crippen molar-refractivity contribution >= 4 is 32.5 Å². The van der Waals surface area contributed by atoms with Crippen LogP contribution in [-0.4, -0.2) is 10.8 Å². The molecule has 0 bridgehead atoms. The smallest absolute Gasteiger partial charge is 0.196 e. The molecule has 0 aliphatic heterocycles. The van der Waals surface area contributed by atoms with Gasteiger partial charge in [0, 0.05) is 33.4 Å². The van der Waals surface area contributed by atoms with E-state index in [0.717, 1.165) is 20.8 Å². The number of hydrogen-bond donors (Lipinski definition) is 0. The SMILES string of the molecule is Cc1ccc(C(=O)c2cncc3ccccc23)c(Br)c1. The minimum atomic E-state index is -0.0128. The Kier molecular flexibility index (Phi) is 3.36. The van der Waals surface area contributed by atoms with Crippen molar-refractivity contribution < 1.29 is 4.79 Å². The highest BCUT2D eigenvalue weighted by Crippen LogP contribution is 2.25. The number of rotatable bonds is 2. The van der Waals surface area contributed by atoms with Crippen LogP contribution in [0, 0.1) is 6.92 Å². The van der Waals surface area contributed by atoms with Gasteiger partial charge in [-0.2, -0.15) is 0 Å². The molecule has 0 unspecified atom stereocenters. The van der Waals surface area contributed by atoms with Crippen molar-refractivity contribution in [3.05, 3.63) is 76.0 Å². The van der Waals surface area contributed by atoms with Crippen molar-refractivity contribution in [3.63, 3.8) is 0 Å². The van der Waals surface area contributed by atoms with E-state index in [1.54, 1.807) is 12.4 Å². The van der Waals surface area contributed by atoms with Crippen LogP contribution in [0.5, 0.6) is 0 Å². The summed E-state index contributed by atoms with van der Waals surface area (Å²) < 4.78 is 0.815. The normalized spacial score (nSPS) is 10.7. The fourth-order valence-electron chi connectivity index (χ4n) is 2.25. The maximum atomic E-state index is 12.7. The van der Waals surface area contributed by atoms with Gasteiger partial charge in [0.15, 0.2) is 5.78 Å². The topological polar surface area (TPSA) is 30.0 Å². The minimum Gasteiger partial charge on any atom is -0.288 e. The highest BCUT2D eigenvalue weighted by molar-refractivity contribution is 9.10. The molecule has 0 fully saturated rings. The van der Waals surface area contributed by atoms with E-state index < -0.39 is 0 Å². The van der Waals surface area contributed by atoms with Crippen LogP contribution in [0.4, 0.5) is 0 Å². The molecule has 0 N–H and O–H groups in total. The van der Waals surface area contributed by atoms with Crippen LogP contribution < -0.4 is 0 Å².